The summed E-state index contributed by atoms with van der Waals surface area (Å²) < 4.78 is 7.10. The van der Waals surface area contributed by atoms with E-state index >= 15 is 0 Å². The highest BCUT2D eigenvalue weighted by Gasteiger charge is 2.07. The van der Waals surface area contributed by atoms with Gasteiger partial charge in [-0.2, -0.15) is 10.4 Å². The highest BCUT2D eigenvalue weighted by molar-refractivity contribution is 5.95. The van der Waals surface area contributed by atoms with Crippen LogP contribution < -0.4 is 10.2 Å². The Hall–Kier alpha value is -3.07. The molecule has 0 saturated heterocycles. The van der Waals surface area contributed by atoms with E-state index in [1.165, 1.54) is 6.21 Å². The molecule has 1 aromatic carbocycles. The minimum Gasteiger partial charge on any atom is -0.494 e. The number of ether oxygens (including phenoxy) is 1. The fraction of sp³-hybridized carbons (Fsp3) is 0.235. The Labute approximate surface area is 135 Å². The first-order valence-corrected chi connectivity index (χ1v) is 7.19. The number of rotatable bonds is 5. The van der Waals surface area contributed by atoms with E-state index in [-0.39, 0.29) is 5.91 Å². The van der Waals surface area contributed by atoms with Gasteiger partial charge in [-0.1, -0.05) is 0 Å². The van der Waals surface area contributed by atoms with Gasteiger partial charge >= 0.3 is 0 Å². The van der Waals surface area contributed by atoms with Gasteiger partial charge in [-0.25, -0.2) is 5.43 Å². The predicted octanol–water partition coefficient (Wildman–Crippen LogP) is 2.37. The van der Waals surface area contributed by atoms with Gasteiger partial charge in [0.1, 0.15) is 17.5 Å². The third-order valence-electron chi connectivity index (χ3n) is 3.49. The van der Waals surface area contributed by atoms with E-state index in [2.05, 4.69) is 16.6 Å². The van der Waals surface area contributed by atoms with Gasteiger partial charge in [-0.15, -0.1) is 0 Å². The smallest absolute Gasteiger partial charge is 0.271 e. The molecule has 23 heavy (non-hydrogen) atoms. The lowest BCUT2D eigenvalue weighted by atomic mass is 10.2. The van der Waals surface area contributed by atoms with E-state index in [4.69, 9.17) is 10.00 Å². The van der Waals surface area contributed by atoms with Crippen molar-refractivity contribution < 1.29 is 9.53 Å². The van der Waals surface area contributed by atoms with E-state index in [1.807, 2.05) is 20.9 Å². The van der Waals surface area contributed by atoms with Crippen LogP contribution in [-0.2, 0) is 7.05 Å². The summed E-state index contributed by atoms with van der Waals surface area (Å²) in [5.41, 5.74) is 5.20. The van der Waals surface area contributed by atoms with Crippen LogP contribution in [-0.4, -0.2) is 23.3 Å². The summed E-state index contributed by atoms with van der Waals surface area (Å²) >= 11 is 0. The molecule has 0 unspecified atom stereocenters. The summed E-state index contributed by atoms with van der Waals surface area (Å²) in [7, 11) is 1.81. The number of nitriles is 1. The quantitative estimate of drug-likeness (QED) is 0.680. The average molecular weight is 310 g/mol. The van der Waals surface area contributed by atoms with Crippen molar-refractivity contribution in [3.63, 3.8) is 0 Å². The van der Waals surface area contributed by atoms with E-state index in [1.54, 1.807) is 34.9 Å². The molecule has 0 spiro atoms. The molecule has 118 valence electrons. The number of hydrazone groups is 1. The zero-order valence-electron chi connectivity index (χ0n) is 13.3. The second kappa shape index (κ2) is 7.27. The Balaban J connectivity index is 2.02. The number of hydrogen-bond acceptors (Lipinski definition) is 4. The normalized spacial score (nSPS) is 10.5. The average Bonchev–Trinajstić information content (AvgIpc) is 2.83. The second-order valence-electron chi connectivity index (χ2n) is 4.90. The third-order valence-corrected chi connectivity index (χ3v) is 3.49. The Morgan fingerprint density at radius 3 is 2.70 bits per heavy atom. The zero-order chi connectivity index (χ0) is 16.8. The first kappa shape index (κ1) is 16.3. The summed E-state index contributed by atoms with van der Waals surface area (Å²) in [4.78, 5) is 12.0. The number of carbonyl (C=O) groups excluding carboxylic acids is 1. The summed E-state index contributed by atoms with van der Waals surface area (Å²) in [5, 5.41) is 12.9. The number of benzene rings is 1. The van der Waals surface area contributed by atoms with Crippen molar-refractivity contribution in [3.05, 3.63) is 52.8 Å². The molecule has 6 heteroatoms. The van der Waals surface area contributed by atoms with Crippen molar-refractivity contribution in [1.29, 1.82) is 5.26 Å². The van der Waals surface area contributed by atoms with Gasteiger partial charge in [0.2, 0.25) is 0 Å². The lowest BCUT2D eigenvalue weighted by molar-refractivity contribution is 0.0955. The van der Waals surface area contributed by atoms with Crippen molar-refractivity contribution in [2.75, 3.05) is 6.61 Å². The largest absolute Gasteiger partial charge is 0.494 e. The Morgan fingerprint density at radius 1 is 1.43 bits per heavy atom. The summed E-state index contributed by atoms with van der Waals surface area (Å²) in [6.45, 7) is 4.37. The summed E-state index contributed by atoms with van der Waals surface area (Å²) in [5.74, 6) is 0.412. The Bertz CT molecular complexity index is 767. The highest BCUT2D eigenvalue weighted by atomic mass is 16.5. The first-order chi connectivity index (χ1) is 11.1. The minimum absolute atomic E-state index is 0.307. The molecule has 2 aromatic rings. The lowest BCUT2D eigenvalue weighted by Crippen LogP contribution is -2.17. The van der Waals surface area contributed by atoms with Crippen molar-refractivity contribution >= 4 is 12.1 Å². The van der Waals surface area contributed by atoms with Crippen LogP contribution in [0.1, 0.15) is 34.2 Å². The van der Waals surface area contributed by atoms with E-state index in [9.17, 15) is 4.79 Å². The van der Waals surface area contributed by atoms with Crippen LogP contribution >= 0.6 is 0 Å². The molecule has 1 aromatic heterocycles. The molecule has 1 amide bonds. The van der Waals surface area contributed by atoms with Crippen molar-refractivity contribution in [2.24, 2.45) is 12.1 Å². The first-order valence-electron chi connectivity index (χ1n) is 7.19. The molecule has 0 aliphatic carbocycles. The second-order valence-corrected chi connectivity index (χ2v) is 4.90. The standard InChI is InChI=1S/C17H18N4O2/c1-4-23-16-7-5-13(6-8-16)17(22)20-19-11-14-9-15(10-18)21(3)12(14)2/h5-9,11H,4H2,1-3H3,(H,20,22)/b19-11-. The monoisotopic (exact) mass is 310 g/mol. The van der Waals surface area contributed by atoms with E-state index in [0.717, 1.165) is 17.0 Å². The van der Waals surface area contributed by atoms with Gasteiger partial charge < -0.3 is 9.30 Å². The molecule has 0 aliphatic rings. The zero-order valence-corrected chi connectivity index (χ0v) is 13.3. The maximum absolute atomic E-state index is 12.0. The molecule has 0 radical (unpaired) electrons. The van der Waals surface area contributed by atoms with E-state index < -0.39 is 0 Å². The minimum atomic E-state index is -0.307. The number of nitrogens with zero attached hydrogens (tertiary/aromatic N) is 3. The third kappa shape index (κ3) is 3.77. The van der Waals surface area contributed by atoms with Crippen LogP contribution in [0.2, 0.25) is 0 Å². The molecule has 0 saturated carbocycles. The van der Waals surface area contributed by atoms with Gasteiger partial charge in [-0.05, 0) is 44.2 Å². The molecular weight excluding hydrogens is 292 g/mol. The molecule has 0 bridgehead atoms. The molecule has 2 rings (SSSR count). The predicted molar refractivity (Wildman–Crippen MR) is 87.5 cm³/mol. The molecular formula is C17H18N4O2. The van der Waals surface area contributed by atoms with Crippen LogP contribution in [0.3, 0.4) is 0 Å². The van der Waals surface area contributed by atoms with Gasteiger partial charge in [0.05, 0.1) is 12.8 Å². The highest BCUT2D eigenvalue weighted by Crippen LogP contribution is 2.12. The summed E-state index contributed by atoms with van der Waals surface area (Å²) in [6, 6.07) is 10.7. The molecule has 0 aliphatic heterocycles. The molecule has 0 atom stereocenters. The molecule has 6 nitrogen and oxygen atoms in total. The van der Waals surface area contributed by atoms with Crippen LogP contribution in [0.5, 0.6) is 5.75 Å². The van der Waals surface area contributed by atoms with Crippen LogP contribution in [0.15, 0.2) is 35.4 Å². The maximum atomic E-state index is 12.0. The van der Waals surface area contributed by atoms with Crippen LogP contribution in [0.25, 0.3) is 0 Å². The van der Waals surface area contributed by atoms with E-state index in [0.29, 0.717) is 17.9 Å². The Morgan fingerprint density at radius 2 is 2.13 bits per heavy atom. The van der Waals surface area contributed by atoms with Gasteiger partial charge in [0.25, 0.3) is 5.91 Å². The van der Waals surface area contributed by atoms with Crippen LogP contribution in [0, 0.1) is 18.3 Å². The number of amides is 1. The SMILES string of the molecule is CCOc1ccc(C(=O)N/N=C\c2cc(C#N)n(C)c2C)cc1. The Kier molecular flexibility index (Phi) is 5.15. The number of carbonyl (C=O) groups is 1. The fourth-order valence-electron chi connectivity index (χ4n) is 2.06. The van der Waals surface area contributed by atoms with Crippen molar-refractivity contribution in [3.8, 4) is 11.8 Å². The summed E-state index contributed by atoms with van der Waals surface area (Å²) in [6.07, 6.45) is 1.53. The van der Waals surface area contributed by atoms with Gasteiger partial charge in [0.15, 0.2) is 0 Å². The topological polar surface area (TPSA) is 79.4 Å². The fourth-order valence-corrected chi connectivity index (χ4v) is 2.06. The maximum Gasteiger partial charge on any atom is 0.271 e. The number of aromatic nitrogens is 1. The molecule has 1 heterocycles. The lowest BCUT2D eigenvalue weighted by Gasteiger charge is -2.04. The molecule has 1 N–H and O–H groups in total. The number of hydrogen-bond donors (Lipinski definition) is 1. The van der Waals surface area contributed by atoms with Crippen molar-refractivity contribution in [1.82, 2.24) is 9.99 Å². The number of nitrogens with one attached hydrogen (secondary N) is 1. The van der Waals surface area contributed by atoms with Crippen molar-refractivity contribution in [2.45, 2.75) is 13.8 Å². The van der Waals surface area contributed by atoms with Gasteiger partial charge in [0, 0.05) is 23.9 Å². The van der Waals surface area contributed by atoms with Gasteiger partial charge in [-0.3, -0.25) is 4.79 Å². The molecule has 0 fully saturated rings. The van der Waals surface area contributed by atoms with Crippen LogP contribution in [0.4, 0.5) is 0 Å².